The Balaban J connectivity index is 2.76. The van der Waals surface area contributed by atoms with E-state index in [1.165, 1.54) is 0 Å². The van der Waals surface area contributed by atoms with E-state index in [1.54, 1.807) is 13.0 Å². The van der Waals surface area contributed by atoms with Crippen molar-refractivity contribution in [3.63, 3.8) is 0 Å². The fourth-order valence-electron chi connectivity index (χ4n) is 1.25. The van der Waals surface area contributed by atoms with Gasteiger partial charge in [0.05, 0.1) is 6.10 Å². The number of aliphatic hydroxyl groups excluding tert-OH is 1. The van der Waals surface area contributed by atoms with E-state index in [0.29, 0.717) is 29.8 Å². The van der Waals surface area contributed by atoms with Crippen LogP contribution in [0.5, 0.6) is 0 Å². The summed E-state index contributed by atoms with van der Waals surface area (Å²) in [6.45, 7) is 8.54. The molecule has 17 heavy (non-hydrogen) atoms. The second-order valence-corrected chi connectivity index (χ2v) is 5.60. The standard InChI is InChI=1S/C12H20ClN3O/c1-8(17)5-6-14-10-7-9(13)15-11(16-10)12(2,3)4/h7-8,17H,5-6H2,1-4H3,(H,14,15,16). The highest BCUT2D eigenvalue weighted by molar-refractivity contribution is 6.29. The Bertz CT molecular complexity index is 375. The van der Waals surface area contributed by atoms with Crippen molar-refractivity contribution in [2.24, 2.45) is 0 Å². The van der Waals surface area contributed by atoms with Crippen molar-refractivity contribution in [3.8, 4) is 0 Å². The quantitative estimate of drug-likeness (QED) is 0.814. The molecule has 96 valence electrons. The molecular weight excluding hydrogens is 238 g/mol. The summed E-state index contributed by atoms with van der Waals surface area (Å²) in [6, 6.07) is 1.69. The second-order valence-electron chi connectivity index (χ2n) is 5.21. The zero-order chi connectivity index (χ0) is 13.1. The molecule has 1 aromatic rings. The van der Waals surface area contributed by atoms with Gasteiger partial charge in [-0.1, -0.05) is 32.4 Å². The van der Waals surface area contributed by atoms with Gasteiger partial charge in [0.2, 0.25) is 0 Å². The van der Waals surface area contributed by atoms with Crippen molar-refractivity contribution in [1.82, 2.24) is 9.97 Å². The molecule has 5 heteroatoms. The molecule has 1 unspecified atom stereocenters. The van der Waals surface area contributed by atoms with Gasteiger partial charge in [-0.15, -0.1) is 0 Å². The number of nitrogens with one attached hydrogen (secondary N) is 1. The molecule has 0 saturated carbocycles. The minimum atomic E-state index is -0.318. The SMILES string of the molecule is CC(O)CCNc1cc(Cl)nc(C(C)(C)C)n1. The number of anilines is 1. The lowest BCUT2D eigenvalue weighted by Crippen LogP contribution is -2.18. The summed E-state index contributed by atoms with van der Waals surface area (Å²) in [4.78, 5) is 8.63. The lowest BCUT2D eigenvalue weighted by atomic mass is 9.96. The Morgan fingerprint density at radius 1 is 1.41 bits per heavy atom. The minimum Gasteiger partial charge on any atom is -0.393 e. The first kappa shape index (κ1) is 14.2. The molecule has 4 nitrogen and oxygen atoms in total. The van der Waals surface area contributed by atoms with E-state index in [0.717, 1.165) is 0 Å². The number of rotatable bonds is 4. The molecule has 1 heterocycles. The lowest BCUT2D eigenvalue weighted by Gasteiger charge is -2.18. The van der Waals surface area contributed by atoms with Crippen LogP contribution in [-0.2, 0) is 5.41 Å². The number of hydrogen-bond acceptors (Lipinski definition) is 4. The van der Waals surface area contributed by atoms with Crippen LogP contribution in [0.2, 0.25) is 5.15 Å². The van der Waals surface area contributed by atoms with Gasteiger partial charge in [0.25, 0.3) is 0 Å². The van der Waals surface area contributed by atoms with Gasteiger partial charge >= 0.3 is 0 Å². The van der Waals surface area contributed by atoms with Crippen molar-refractivity contribution in [3.05, 3.63) is 17.0 Å². The first-order valence-electron chi connectivity index (χ1n) is 5.76. The summed E-state index contributed by atoms with van der Waals surface area (Å²) in [6.07, 6.45) is 0.355. The van der Waals surface area contributed by atoms with Gasteiger partial charge in [-0.05, 0) is 13.3 Å². The molecule has 0 bridgehead atoms. The topological polar surface area (TPSA) is 58.0 Å². The van der Waals surface area contributed by atoms with Gasteiger partial charge in [-0.3, -0.25) is 0 Å². The largest absolute Gasteiger partial charge is 0.393 e. The molecule has 0 aromatic carbocycles. The maximum Gasteiger partial charge on any atom is 0.137 e. The average Bonchev–Trinajstić information content (AvgIpc) is 2.14. The molecule has 0 amide bonds. The highest BCUT2D eigenvalue weighted by Gasteiger charge is 2.18. The van der Waals surface area contributed by atoms with Crippen molar-refractivity contribution in [1.29, 1.82) is 0 Å². The normalized spacial score (nSPS) is 13.5. The van der Waals surface area contributed by atoms with Crippen molar-refractivity contribution in [2.45, 2.75) is 45.6 Å². The Morgan fingerprint density at radius 2 is 2.06 bits per heavy atom. The molecule has 2 N–H and O–H groups in total. The molecule has 1 atom stereocenters. The zero-order valence-corrected chi connectivity index (χ0v) is 11.5. The predicted octanol–water partition coefficient (Wildman–Crippen LogP) is 2.61. The van der Waals surface area contributed by atoms with Gasteiger partial charge < -0.3 is 10.4 Å². The number of aliphatic hydroxyl groups is 1. The Labute approximate surface area is 107 Å². The van der Waals surface area contributed by atoms with Crippen molar-refractivity contribution < 1.29 is 5.11 Å². The Morgan fingerprint density at radius 3 is 2.59 bits per heavy atom. The van der Waals surface area contributed by atoms with Gasteiger partial charge in [0.15, 0.2) is 0 Å². The Kier molecular flexibility index (Phi) is 4.71. The van der Waals surface area contributed by atoms with Gasteiger partial charge in [0.1, 0.15) is 16.8 Å². The molecular formula is C12H20ClN3O. The molecule has 0 saturated heterocycles. The van der Waals surface area contributed by atoms with Gasteiger partial charge in [-0.2, -0.15) is 0 Å². The van der Waals surface area contributed by atoms with E-state index in [1.807, 2.05) is 20.8 Å². The van der Waals surface area contributed by atoms with Crippen LogP contribution in [0.15, 0.2) is 6.07 Å². The summed E-state index contributed by atoms with van der Waals surface area (Å²) in [5.74, 6) is 1.42. The van der Waals surface area contributed by atoms with Crippen LogP contribution >= 0.6 is 11.6 Å². The molecule has 0 radical (unpaired) electrons. The van der Waals surface area contributed by atoms with Crippen LogP contribution < -0.4 is 5.32 Å². The molecule has 1 aromatic heterocycles. The number of hydrogen-bond donors (Lipinski definition) is 2. The summed E-state index contributed by atoms with van der Waals surface area (Å²) in [5.41, 5.74) is -0.133. The maximum absolute atomic E-state index is 9.17. The van der Waals surface area contributed by atoms with Crippen LogP contribution in [0.1, 0.15) is 39.9 Å². The number of halogens is 1. The molecule has 0 aliphatic heterocycles. The number of nitrogens with zero attached hydrogens (tertiary/aromatic N) is 2. The van der Waals surface area contributed by atoms with Crippen molar-refractivity contribution in [2.75, 3.05) is 11.9 Å². The smallest absolute Gasteiger partial charge is 0.137 e. The van der Waals surface area contributed by atoms with Crippen LogP contribution in [0, 0.1) is 0 Å². The highest BCUT2D eigenvalue weighted by atomic mass is 35.5. The van der Waals surface area contributed by atoms with Crippen LogP contribution in [0.25, 0.3) is 0 Å². The summed E-state index contributed by atoms with van der Waals surface area (Å²) < 4.78 is 0. The second kappa shape index (κ2) is 5.65. The summed E-state index contributed by atoms with van der Waals surface area (Å²) in [7, 11) is 0. The highest BCUT2D eigenvalue weighted by Crippen LogP contribution is 2.22. The zero-order valence-electron chi connectivity index (χ0n) is 10.8. The third-order valence-corrected chi connectivity index (χ3v) is 2.43. The summed E-state index contributed by atoms with van der Waals surface area (Å²) >= 11 is 5.96. The molecule has 0 aliphatic carbocycles. The first-order valence-corrected chi connectivity index (χ1v) is 6.14. The molecule has 0 spiro atoms. The van der Waals surface area contributed by atoms with E-state index in [9.17, 15) is 5.11 Å². The molecule has 1 rings (SSSR count). The first-order chi connectivity index (χ1) is 7.79. The fourth-order valence-corrected chi connectivity index (χ4v) is 1.44. The summed E-state index contributed by atoms with van der Waals surface area (Å²) in [5, 5.41) is 12.7. The molecule has 0 aliphatic rings. The van der Waals surface area contributed by atoms with Crippen LogP contribution in [0.4, 0.5) is 5.82 Å². The van der Waals surface area contributed by atoms with Crippen LogP contribution in [0.3, 0.4) is 0 Å². The van der Waals surface area contributed by atoms with Crippen molar-refractivity contribution >= 4 is 17.4 Å². The lowest BCUT2D eigenvalue weighted by molar-refractivity contribution is 0.188. The third-order valence-electron chi connectivity index (χ3n) is 2.23. The van der Waals surface area contributed by atoms with E-state index in [2.05, 4.69) is 15.3 Å². The third kappa shape index (κ3) is 4.88. The maximum atomic E-state index is 9.17. The van der Waals surface area contributed by atoms with E-state index < -0.39 is 0 Å². The van der Waals surface area contributed by atoms with Gasteiger partial charge in [-0.25, -0.2) is 9.97 Å². The molecule has 0 fully saturated rings. The van der Waals surface area contributed by atoms with E-state index in [-0.39, 0.29) is 11.5 Å². The van der Waals surface area contributed by atoms with E-state index in [4.69, 9.17) is 11.6 Å². The monoisotopic (exact) mass is 257 g/mol. The van der Waals surface area contributed by atoms with Gasteiger partial charge in [0, 0.05) is 18.0 Å². The fraction of sp³-hybridized carbons (Fsp3) is 0.667. The Hall–Kier alpha value is -0.870. The average molecular weight is 258 g/mol. The van der Waals surface area contributed by atoms with E-state index >= 15 is 0 Å². The van der Waals surface area contributed by atoms with Crippen LogP contribution in [-0.4, -0.2) is 27.7 Å². The predicted molar refractivity (Wildman–Crippen MR) is 70.5 cm³/mol. The number of aromatic nitrogens is 2. The minimum absolute atomic E-state index is 0.133.